The van der Waals surface area contributed by atoms with Crippen molar-refractivity contribution in [2.75, 3.05) is 13.7 Å². The van der Waals surface area contributed by atoms with E-state index in [2.05, 4.69) is 23.5 Å². The van der Waals surface area contributed by atoms with Crippen molar-refractivity contribution in [2.45, 2.75) is 19.0 Å². The van der Waals surface area contributed by atoms with Crippen molar-refractivity contribution in [3.63, 3.8) is 0 Å². The molecule has 2 aromatic rings. The van der Waals surface area contributed by atoms with Crippen molar-refractivity contribution in [3.8, 4) is 0 Å². The maximum atomic E-state index is 11.9. The van der Waals surface area contributed by atoms with E-state index >= 15 is 0 Å². The predicted octanol–water partition coefficient (Wildman–Crippen LogP) is 2.41. The fraction of sp³-hybridized carbons (Fsp3) is 0.312. The standard InChI is InChI=1S/C16H20N2O2.ClH/c1-11(18-16(19)15(17)10-20-2)13-9-5-7-12-6-3-4-8-14(12)13;/h3-9,11,15H,10,17H2,1-2H3,(H,18,19);1H. The number of rotatable bonds is 5. The number of carbonyl (C=O) groups is 1. The first kappa shape index (κ1) is 17.4. The van der Waals surface area contributed by atoms with E-state index in [4.69, 9.17) is 10.5 Å². The normalized spacial score (nSPS) is 13.3. The van der Waals surface area contributed by atoms with E-state index in [-0.39, 0.29) is 31.0 Å². The number of fused-ring (bicyclic) bond motifs is 1. The van der Waals surface area contributed by atoms with Gasteiger partial charge in [-0.05, 0) is 23.3 Å². The molecule has 0 spiro atoms. The molecule has 2 atom stereocenters. The highest BCUT2D eigenvalue weighted by Crippen LogP contribution is 2.23. The summed E-state index contributed by atoms with van der Waals surface area (Å²) in [6.45, 7) is 2.17. The number of benzene rings is 2. The zero-order valence-corrected chi connectivity index (χ0v) is 13.0. The highest BCUT2D eigenvalue weighted by atomic mass is 35.5. The molecule has 0 fully saturated rings. The Morgan fingerprint density at radius 3 is 2.62 bits per heavy atom. The van der Waals surface area contributed by atoms with Crippen LogP contribution >= 0.6 is 12.4 Å². The van der Waals surface area contributed by atoms with E-state index in [0.717, 1.165) is 16.3 Å². The Morgan fingerprint density at radius 1 is 1.24 bits per heavy atom. The molecule has 0 aliphatic carbocycles. The molecule has 21 heavy (non-hydrogen) atoms. The Bertz CT molecular complexity index is 598. The van der Waals surface area contributed by atoms with Crippen LogP contribution in [0.5, 0.6) is 0 Å². The van der Waals surface area contributed by atoms with Crippen LogP contribution in [0.3, 0.4) is 0 Å². The van der Waals surface area contributed by atoms with E-state index in [1.807, 2.05) is 31.2 Å². The average Bonchev–Trinajstić information content (AvgIpc) is 2.46. The molecule has 2 unspecified atom stereocenters. The number of hydrogen-bond acceptors (Lipinski definition) is 3. The number of halogens is 1. The number of nitrogens with one attached hydrogen (secondary N) is 1. The average molecular weight is 309 g/mol. The van der Waals surface area contributed by atoms with E-state index in [0.29, 0.717) is 0 Å². The Hall–Kier alpha value is -1.62. The first-order valence-corrected chi connectivity index (χ1v) is 6.66. The molecule has 0 bridgehead atoms. The maximum Gasteiger partial charge on any atom is 0.239 e. The van der Waals surface area contributed by atoms with Gasteiger partial charge in [0.15, 0.2) is 0 Å². The number of carbonyl (C=O) groups excluding carboxylic acids is 1. The van der Waals surface area contributed by atoms with Gasteiger partial charge in [0.25, 0.3) is 0 Å². The van der Waals surface area contributed by atoms with Crippen molar-refractivity contribution < 1.29 is 9.53 Å². The van der Waals surface area contributed by atoms with Gasteiger partial charge in [-0.25, -0.2) is 0 Å². The summed E-state index contributed by atoms with van der Waals surface area (Å²) in [6, 6.07) is 13.5. The topological polar surface area (TPSA) is 64.3 Å². The van der Waals surface area contributed by atoms with Gasteiger partial charge >= 0.3 is 0 Å². The molecule has 0 aliphatic rings. The van der Waals surface area contributed by atoms with Crippen LogP contribution in [0, 0.1) is 0 Å². The molecule has 0 aromatic heterocycles. The summed E-state index contributed by atoms with van der Waals surface area (Å²) in [5.74, 6) is -0.202. The highest BCUT2D eigenvalue weighted by molar-refractivity contribution is 5.87. The minimum absolute atomic E-state index is 0. The van der Waals surface area contributed by atoms with Crippen LogP contribution in [-0.4, -0.2) is 25.7 Å². The summed E-state index contributed by atoms with van der Waals surface area (Å²) in [6.07, 6.45) is 0. The minimum atomic E-state index is -0.641. The molecule has 1 amide bonds. The Morgan fingerprint density at radius 2 is 1.90 bits per heavy atom. The number of nitrogens with two attached hydrogens (primary N) is 1. The second-order valence-electron chi connectivity index (χ2n) is 4.86. The number of hydrogen-bond donors (Lipinski definition) is 2. The van der Waals surface area contributed by atoms with Gasteiger partial charge in [-0.2, -0.15) is 0 Å². The Kier molecular flexibility index (Phi) is 6.62. The van der Waals surface area contributed by atoms with Crippen LogP contribution < -0.4 is 11.1 Å². The van der Waals surface area contributed by atoms with Gasteiger partial charge in [-0.3, -0.25) is 4.79 Å². The van der Waals surface area contributed by atoms with E-state index in [1.54, 1.807) is 0 Å². The Labute approximate surface area is 131 Å². The van der Waals surface area contributed by atoms with Gasteiger partial charge in [0.1, 0.15) is 6.04 Å². The monoisotopic (exact) mass is 308 g/mol. The zero-order valence-electron chi connectivity index (χ0n) is 12.2. The fourth-order valence-corrected chi connectivity index (χ4v) is 2.28. The smallest absolute Gasteiger partial charge is 0.239 e. The van der Waals surface area contributed by atoms with Crippen LogP contribution in [0.1, 0.15) is 18.5 Å². The van der Waals surface area contributed by atoms with Gasteiger partial charge in [0, 0.05) is 7.11 Å². The van der Waals surface area contributed by atoms with Crippen LogP contribution in [0.15, 0.2) is 42.5 Å². The molecule has 4 nitrogen and oxygen atoms in total. The van der Waals surface area contributed by atoms with Crippen molar-refractivity contribution in [3.05, 3.63) is 48.0 Å². The SMILES string of the molecule is COCC(N)C(=O)NC(C)c1cccc2ccccc12.Cl. The quantitative estimate of drug-likeness (QED) is 0.891. The molecule has 0 heterocycles. The predicted molar refractivity (Wildman–Crippen MR) is 87.6 cm³/mol. The first-order valence-electron chi connectivity index (χ1n) is 6.66. The third-order valence-corrected chi connectivity index (χ3v) is 3.33. The van der Waals surface area contributed by atoms with Gasteiger partial charge in [0.2, 0.25) is 5.91 Å². The lowest BCUT2D eigenvalue weighted by Crippen LogP contribution is -2.44. The summed E-state index contributed by atoms with van der Waals surface area (Å²) < 4.78 is 4.90. The molecule has 0 aliphatic heterocycles. The second kappa shape index (κ2) is 7.98. The minimum Gasteiger partial charge on any atom is -0.383 e. The summed E-state index contributed by atoms with van der Waals surface area (Å²) in [7, 11) is 1.53. The lowest BCUT2D eigenvalue weighted by atomic mass is 9.99. The molecule has 0 saturated carbocycles. The van der Waals surface area contributed by atoms with Crippen LogP contribution in [-0.2, 0) is 9.53 Å². The van der Waals surface area contributed by atoms with Gasteiger partial charge < -0.3 is 15.8 Å². The zero-order chi connectivity index (χ0) is 14.5. The van der Waals surface area contributed by atoms with Crippen molar-refractivity contribution in [1.29, 1.82) is 0 Å². The van der Waals surface area contributed by atoms with Crippen LogP contribution in [0.4, 0.5) is 0 Å². The third-order valence-electron chi connectivity index (χ3n) is 3.33. The molecule has 0 radical (unpaired) electrons. The summed E-state index contributed by atoms with van der Waals surface area (Å²) in [5, 5.41) is 5.23. The van der Waals surface area contributed by atoms with Gasteiger partial charge in [-0.1, -0.05) is 42.5 Å². The van der Waals surface area contributed by atoms with E-state index in [9.17, 15) is 4.79 Å². The van der Waals surface area contributed by atoms with Crippen molar-refractivity contribution in [1.82, 2.24) is 5.32 Å². The third kappa shape index (κ3) is 4.17. The first-order chi connectivity index (χ1) is 9.63. The second-order valence-corrected chi connectivity index (χ2v) is 4.86. The number of amides is 1. The van der Waals surface area contributed by atoms with Crippen molar-refractivity contribution >= 4 is 29.1 Å². The summed E-state index contributed by atoms with van der Waals surface area (Å²) in [4.78, 5) is 11.9. The van der Waals surface area contributed by atoms with E-state index in [1.165, 1.54) is 7.11 Å². The Balaban J connectivity index is 0.00000220. The lowest BCUT2D eigenvalue weighted by Gasteiger charge is -2.19. The van der Waals surface area contributed by atoms with Gasteiger partial charge in [0.05, 0.1) is 12.6 Å². The van der Waals surface area contributed by atoms with Crippen LogP contribution in [0.25, 0.3) is 10.8 Å². The molecule has 5 heteroatoms. The molecular weight excluding hydrogens is 288 g/mol. The summed E-state index contributed by atoms with van der Waals surface area (Å²) >= 11 is 0. The maximum absolute atomic E-state index is 11.9. The molecule has 3 N–H and O–H groups in total. The molecule has 2 rings (SSSR count). The largest absolute Gasteiger partial charge is 0.383 e. The molecular formula is C16H21ClN2O2. The molecule has 114 valence electrons. The molecule has 0 saturated heterocycles. The lowest BCUT2D eigenvalue weighted by molar-refractivity contribution is -0.124. The van der Waals surface area contributed by atoms with Gasteiger partial charge in [-0.15, -0.1) is 12.4 Å². The molecule has 2 aromatic carbocycles. The van der Waals surface area contributed by atoms with E-state index < -0.39 is 6.04 Å². The number of methoxy groups -OCH3 is 1. The van der Waals surface area contributed by atoms with Crippen LogP contribution in [0.2, 0.25) is 0 Å². The number of ether oxygens (including phenoxy) is 1. The highest BCUT2D eigenvalue weighted by Gasteiger charge is 2.17. The summed E-state index contributed by atoms with van der Waals surface area (Å²) in [5.41, 5.74) is 6.81. The fourth-order valence-electron chi connectivity index (χ4n) is 2.28. The van der Waals surface area contributed by atoms with Crippen molar-refractivity contribution in [2.24, 2.45) is 5.73 Å².